The lowest BCUT2D eigenvalue weighted by Crippen LogP contribution is -2.47. The van der Waals surface area contributed by atoms with Gasteiger partial charge in [0.1, 0.15) is 0 Å². The van der Waals surface area contributed by atoms with E-state index in [4.69, 9.17) is 11.5 Å². The zero-order chi connectivity index (χ0) is 17.4. The van der Waals surface area contributed by atoms with Crippen LogP contribution in [0, 0.1) is 40.9 Å². The van der Waals surface area contributed by atoms with Crippen molar-refractivity contribution in [3.05, 3.63) is 0 Å². The Morgan fingerprint density at radius 1 is 0.696 bits per heavy atom. The molecule has 0 aliphatic heterocycles. The van der Waals surface area contributed by atoms with Gasteiger partial charge < -0.3 is 11.5 Å². The second kappa shape index (κ2) is 7.44. The van der Waals surface area contributed by atoms with Crippen molar-refractivity contribution in [3.63, 3.8) is 0 Å². The van der Waals surface area contributed by atoms with Crippen molar-refractivity contribution in [2.24, 2.45) is 52.4 Å². The molecule has 2 rings (SSSR count). The fourth-order valence-corrected chi connectivity index (χ4v) is 5.68. The van der Waals surface area contributed by atoms with Crippen molar-refractivity contribution in [2.75, 3.05) is 0 Å². The average molecular weight is 323 g/mol. The molecule has 136 valence electrons. The van der Waals surface area contributed by atoms with E-state index in [1.807, 2.05) is 0 Å². The fraction of sp³-hybridized carbons (Fsp3) is 1.00. The van der Waals surface area contributed by atoms with E-state index >= 15 is 0 Å². The lowest BCUT2D eigenvalue weighted by molar-refractivity contribution is 0.00763. The van der Waals surface area contributed by atoms with E-state index in [0.717, 1.165) is 11.8 Å². The highest BCUT2D eigenvalue weighted by Crippen LogP contribution is 2.51. The first-order chi connectivity index (χ1) is 10.6. The molecular formula is C21H42N2. The Kier molecular flexibility index (Phi) is 6.22. The third-order valence-electron chi connectivity index (χ3n) is 7.73. The molecule has 2 aliphatic carbocycles. The van der Waals surface area contributed by atoms with E-state index in [1.165, 1.54) is 38.5 Å². The van der Waals surface area contributed by atoms with Crippen molar-refractivity contribution >= 4 is 0 Å². The fourth-order valence-electron chi connectivity index (χ4n) is 5.68. The molecule has 6 atom stereocenters. The van der Waals surface area contributed by atoms with Crippen LogP contribution < -0.4 is 11.5 Å². The maximum atomic E-state index is 6.43. The molecule has 2 nitrogen and oxygen atoms in total. The molecule has 0 radical (unpaired) electrons. The standard InChI is InChI=1S/C21H42N2/c1-13(2)17-11-15(7-9-19(17)22)21(5,6)16-8-10-20(23)18(12-16)14(3)4/h13-20H,7-12,22-23H2,1-6H3. The second-order valence-corrected chi connectivity index (χ2v) is 9.98. The van der Waals surface area contributed by atoms with E-state index in [-0.39, 0.29) is 0 Å². The highest BCUT2D eigenvalue weighted by molar-refractivity contribution is 4.96. The van der Waals surface area contributed by atoms with Gasteiger partial charge in [-0.25, -0.2) is 0 Å². The van der Waals surface area contributed by atoms with E-state index in [1.54, 1.807) is 0 Å². The molecule has 0 spiro atoms. The molecule has 2 fully saturated rings. The van der Waals surface area contributed by atoms with Crippen molar-refractivity contribution in [2.45, 2.75) is 92.2 Å². The van der Waals surface area contributed by atoms with Gasteiger partial charge >= 0.3 is 0 Å². The lowest BCUT2D eigenvalue weighted by Gasteiger charge is -2.50. The number of nitrogens with two attached hydrogens (primary N) is 2. The van der Waals surface area contributed by atoms with Crippen molar-refractivity contribution in [1.29, 1.82) is 0 Å². The smallest absolute Gasteiger partial charge is 0.00698 e. The lowest BCUT2D eigenvalue weighted by atomic mass is 9.56. The van der Waals surface area contributed by atoms with Crippen molar-refractivity contribution in [3.8, 4) is 0 Å². The van der Waals surface area contributed by atoms with Crippen LogP contribution in [-0.4, -0.2) is 12.1 Å². The molecule has 0 aromatic heterocycles. The molecule has 6 unspecified atom stereocenters. The molecule has 0 aromatic carbocycles. The van der Waals surface area contributed by atoms with E-state index in [9.17, 15) is 0 Å². The van der Waals surface area contributed by atoms with Crippen LogP contribution in [0.15, 0.2) is 0 Å². The Morgan fingerprint density at radius 3 is 1.35 bits per heavy atom. The van der Waals surface area contributed by atoms with Crippen LogP contribution in [0.3, 0.4) is 0 Å². The highest BCUT2D eigenvalue weighted by atomic mass is 14.7. The minimum Gasteiger partial charge on any atom is -0.327 e. The maximum absolute atomic E-state index is 6.43. The van der Waals surface area contributed by atoms with Crippen LogP contribution >= 0.6 is 0 Å². The SMILES string of the molecule is CC(C)C1CC(C(C)(C)C2CCC(N)C(C(C)C)C2)CCC1N. The van der Waals surface area contributed by atoms with Crippen LogP contribution in [0.2, 0.25) is 0 Å². The van der Waals surface area contributed by atoms with Crippen LogP contribution in [0.4, 0.5) is 0 Å². The minimum absolute atomic E-state index is 0.422. The van der Waals surface area contributed by atoms with Crippen molar-refractivity contribution < 1.29 is 0 Å². The Morgan fingerprint density at radius 2 is 1.04 bits per heavy atom. The van der Waals surface area contributed by atoms with Gasteiger partial charge in [0.25, 0.3) is 0 Å². The minimum atomic E-state index is 0.422. The van der Waals surface area contributed by atoms with Gasteiger partial charge in [0.05, 0.1) is 0 Å². The summed E-state index contributed by atoms with van der Waals surface area (Å²) in [5, 5.41) is 0. The number of hydrogen-bond donors (Lipinski definition) is 2. The van der Waals surface area contributed by atoms with Crippen LogP contribution in [0.25, 0.3) is 0 Å². The highest BCUT2D eigenvalue weighted by Gasteiger charge is 2.44. The van der Waals surface area contributed by atoms with Gasteiger partial charge in [0.2, 0.25) is 0 Å². The van der Waals surface area contributed by atoms with Gasteiger partial charge in [-0.1, -0.05) is 41.5 Å². The van der Waals surface area contributed by atoms with Crippen LogP contribution in [0.1, 0.15) is 80.1 Å². The summed E-state index contributed by atoms with van der Waals surface area (Å²) >= 11 is 0. The van der Waals surface area contributed by atoms with Crippen LogP contribution in [0.5, 0.6) is 0 Å². The summed E-state index contributed by atoms with van der Waals surface area (Å²) in [4.78, 5) is 0. The Labute approximate surface area is 145 Å². The van der Waals surface area contributed by atoms with Crippen LogP contribution in [-0.2, 0) is 0 Å². The third kappa shape index (κ3) is 4.12. The zero-order valence-electron chi connectivity index (χ0n) is 16.5. The molecular weight excluding hydrogens is 280 g/mol. The largest absolute Gasteiger partial charge is 0.327 e. The molecule has 23 heavy (non-hydrogen) atoms. The summed E-state index contributed by atoms with van der Waals surface area (Å²) in [6.45, 7) is 14.5. The predicted molar refractivity (Wildman–Crippen MR) is 101 cm³/mol. The van der Waals surface area contributed by atoms with E-state index in [2.05, 4.69) is 41.5 Å². The molecule has 0 bridgehead atoms. The zero-order valence-corrected chi connectivity index (χ0v) is 16.5. The molecule has 2 aliphatic rings. The first kappa shape index (κ1) is 19.2. The second-order valence-electron chi connectivity index (χ2n) is 9.98. The summed E-state index contributed by atoms with van der Waals surface area (Å²) in [6.07, 6.45) is 7.76. The monoisotopic (exact) mass is 322 g/mol. The summed E-state index contributed by atoms with van der Waals surface area (Å²) in [5.74, 6) is 4.52. The van der Waals surface area contributed by atoms with Gasteiger partial charge in [-0.05, 0) is 79.4 Å². The summed E-state index contributed by atoms with van der Waals surface area (Å²) in [6, 6.07) is 0.843. The summed E-state index contributed by atoms with van der Waals surface area (Å²) in [5.41, 5.74) is 13.3. The van der Waals surface area contributed by atoms with E-state index < -0.39 is 0 Å². The molecule has 2 saturated carbocycles. The number of rotatable bonds is 4. The third-order valence-corrected chi connectivity index (χ3v) is 7.73. The van der Waals surface area contributed by atoms with Gasteiger partial charge in [0.15, 0.2) is 0 Å². The normalized spacial score (nSPS) is 39.9. The number of hydrogen-bond acceptors (Lipinski definition) is 2. The summed E-state index contributed by atoms with van der Waals surface area (Å²) < 4.78 is 0. The Hall–Kier alpha value is -0.0800. The van der Waals surface area contributed by atoms with Gasteiger partial charge in [-0.15, -0.1) is 0 Å². The molecule has 2 heteroatoms. The predicted octanol–water partition coefficient (Wildman–Crippen LogP) is 4.81. The molecule has 4 N–H and O–H groups in total. The van der Waals surface area contributed by atoms with Gasteiger partial charge in [-0.2, -0.15) is 0 Å². The maximum Gasteiger partial charge on any atom is 0.00698 e. The Balaban J connectivity index is 2.08. The molecule has 0 saturated heterocycles. The van der Waals surface area contributed by atoms with Crippen molar-refractivity contribution in [1.82, 2.24) is 0 Å². The first-order valence-electron chi connectivity index (χ1n) is 10.2. The van der Waals surface area contributed by atoms with Gasteiger partial charge in [-0.3, -0.25) is 0 Å². The van der Waals surface area contributed by atoms with E-state index in [0.29, 0.717) is 41.2 Å². The topological polar surface area (TPSA) is 52.0 Å². The molecule has 0 heterocycles. The quantitative estimate of drug-likeness (QED) is 0.780. The molecule has 0 amide bonds. The first-order valence-corrected chi connectivity index (χ1v) is 10.2. The molecule has 0 aromatic rings. The summed E-state index contributed by atoms with van der Waals surface area (Å²) in [7, 11) is 0. The Bertz CT molecular complexity index is 340. The van der Waals surface area contributed by atoms with Gasteiger partial charge in [0, 0.05) is 12.1 Å². The average Bonchev–Trinajstić information content (AvgIpc) is 2.47.